The second-order valence-corrected chi connectivity index (χ2v) is 5.99. The van der Waals surface area contributed by atoms with Gasteiger partial charge in [-0.1, -0.05) is 26.0 Å². The molecule has 20 heavy (non-hydrogen) atoms. The second kappa shape index (κ2) is 6.23. The molecule has 1 saturated heterocycles. The van der Waals surface area contributed by atoms with E-state index in [1.807, 2.05) is 12.1 Å². The number of hydrogen-bond acceptors (Lipinski definition) is 2. The summed E-state index contributed by atoms with van der Waals surface area (Å²) in [5.41, 5.74) is 8.37. The lowest BCUT2D eigenvalue weighted by Gasteiger charge is -2.45. The van der Waals surface area contributed by atoms with Gasteiger partial charge in [0.2, 0.25) is 0 Å². The van der Waals surface area contributed by atoms with Gasteiger partial charge in [-0.2, -0.15) is 0 Å². The van der Waals surface area contributed by atoms with Crippen LogP contribution in [0.5, 0.6) is 0 Å². The molecular formula is C17H27FN2. The third-order valence-electron chi connectivity index (χ3n) is 5.08. The molecule has 1 aliphatic rings. The first-order valence-electron chi connectivity index (χ1n) is 7.82. The maximum Gasteiger partial charge on any atom is 0.126 e. The number of nitrogens with zero attached hydrogens (tertiary/aromatic N) is 1. The van der Waals surface area contributed by atoms with Gasteiger partial charge >= 0.3 is 0 Å². The van der Waals surface area contributed by atoms with Gasteiger partial charge in [0.25, 0.3) is 0 Å². The van der Waals surface area contributed by atoms with Crippen molar-refractivity contribution in [3.8, 4) is 0 Å². The second-order valence-electron chi connectivity index (χ2n) is 5.99. The maximum atomic E-state index is 13.5. The topological polar surface area (TPSA) is 29.3 Å². The van der Waals surface area contributed by atoms with E-state index in [9.17, 15) is 4.39 Å². The normalized spacial score (nSPS) is 18.4. The molecule has 0 radical (unpaired) electrons. The summed E-state index contributed by atoms with van der Waals surface area (Å²) in [5.74, 6) is -0.152. The van der Waals surface area contributed by atoms with Gasteiger partial charge in [0.05, 0.1) is 0 Å². The van der Waals surface area contributed by atoms with Crippen LogP contribution < -0.4 is 5.73 Å². The third-order valence-corrected chi connectivity index (χ3v) is 5.08. The van der Waals surface area contributed by atoms with E-state index >= 15 is 0 Å². The van der Waals surface area contributed by atoms with Crippen molar-refractivity contribution in [1.82, 2.24) is 4.90 Å². The highest BCUT2D eigenvalue weighted by molar-refractivity contribution is 5.29. The number of likely N-dealkylation sites (tertiary alicyclic amines) is 1. The average molecular weight is 278 g/mol. The standard InChI is InChI=1S/C17H27FN2/c1-4-17(5-2,20-10-6-7-11-20)16(19)14-8-9-15(18)13(3)12-14/h8-9,12,16H,4-7,10-11,19H2,1-3H3. The summed E-state index contributed by atoms with van der Waals surface area (Å²) in [4.78, 5) is 2.55. The Hall–Kier alpha value is -0.930. The SMILES string of the molecule is CCC(CC)(C(N)c1ccc(F)c(C)c1)N1CCCC1. The number of rotatable bonds is 5. The maximum absolute atomic E-state index is 13.5. The van der Waals surface area contributed by atoms with Crippen molar-refractivity contribution in [2.45, 2.75) is 58.0 Å². The van der Waals surface area contributed by atoms with E-state index in [-0.39, 0.29) is 17.4 Å². The summed E-state index contributed by atoms with van der Waals surface area (Å²) < 4.78 is 13.5. The summed E-state index contributed by atoms with van der Waals surface area (Å²) >= 11 is 0. The Morgan fingerprint density at radius 3 is 2.35 bits per heavy atom. The quantitative estimate of drug-likeness (QED) is 0.888. The van der Waals surface area contributed by atoms with Crippen LogP contribution in [0.4, 0.5) is 4.39 Å². The number of aryl methyl sites for hydroxylation is 1. The van der Waals surface area contributed by atoms with Gasteiger partial charge in [0.15, 0.2) is 0 Å². The largest absolute Gasteiger partial charge is 0.322 e. The zero-order valence-corrected chi connectivity index (χ0v) is 13.0. The molecule has 1 atom stereocenters. The highest BCUT2D eigenvalue weighted by atomic mass is 19.1. The Kier molecular flexibility index (Phi) is 4.82. The molecule has 2 N–H and O–H groups in total. The van der Waals surface area contributed by atoms with E-state index in [0.717, 1.165) is 31.5 Å². The first-order valence-corrected chi connectivity index (χ1v) is 7.82. The van der Waals surface area contributed by atoms with Crippen molar-refractivity contribution < 1.29 is 4.39 Å². The summed E-state index contributed by atoms with van der Waals surface area (Å²) in [6.45, 7) is 8.52. The molecule has 0 saturated carbocycles. The fourth-order valence-corrected chi connectivity index (χ4v) is 3.67. The molecule has 0 bridgehead atoms. The summed E-state index contributed by atoms with van der Waals surface area (Å²) in [6, 6.07) is 5.25. The van der Waals surface area contributed by atoms with Crippen LogP contribution in [-0.4, -0.2) is 23.5 Å². The predicted molar refractivity (Wildman–Crippen MR) is 82.2 cm³/mol. The zero-order valence-electron chi connectivity index (χ0n) is 13.0. The van der Waals surface area contributed by atoms with E-state index < -0.39 is 0 Å². The number of halogens is 1. The highest BCUT2D eigenvalue weighted by Gasteiger charge is 2.41. The van der Waals surface area contributed by atoms with E-state index in [2.05, 4.69) is 18.7 Å². The van der Waals surface area contributed by atoms with Crippen LogP contribution in [0.1, 0.15) is 56.7 Å². The molecule has 0 amide bonds. The fraction of sp³-hybridized carbons (Fsp3) is 0.647. The van der Waals surface area contributed by atoms with Crippen LogP contribution in [-0.2, 0) is 0 Å². The Morgan fingerprint density at radius 1 is 1.25 bits per heavy atom. The molecule has 1 aromatic carbocycles. The number of hydrogen-bond donors (Lipinski definition) is 1. The smallest absolute Gasteiger partial charge is 0.126 e. The first-order chi connectivity index (χ1) is 9.55. The Labute approximate surface area is 122 Å². The minimum atomic E-state index is -0.152. The van der Waals surface area contributed by atoms with Crippen LogP contribution in [0.25, 0.3) is 0 Å². The van der Waals surface area contributed by atoms with Crippen LogP contribution in [0, 0.1) is 12.7 Å². The molecule has 3 heteroatoms. The Balaban J connectivity index is 2.34. The summed E-state index contributed by atoms with van der Waals surface area (Å²) in [5, 5.41) is 0. The Morgan fingerprint density at radius 2 is 1.85 bits per heavy atom. The van der Waals surface area contributed by atoms with E-state index in [1.54, 1.807) is 13.0 Å². The molecule has 0 aliphatic carbocycles. The molecule has 1 fully saturated rings. The van der Waals surface area contributed by atoms with Gasteiger partial charge in [-0.05, 0) is 62.9 Å². The summed E-state index contributed by atoms with van der Waals surface area (Å²) in [7, 11) is 0. The van der Waals surface area contributed by atoms with E-state index in [0.29, 0.717) is 5.56 Å². The van der Waals surface area contributed by atoms with E-state index in [1.165, 1.54) is 12.8 Å². The lowest BCUT2D eigenvalue weighted by Crippen LogP contribution is -2.53. The fourth-order valence-electron chi connectivity index (χ4n) is 3.67. The minimum absolute atomic E-state index is 0.000763. The number of nitrogens with two attached hydrogens (primary N) is 1. The van der Waals surface area contributed by atoms with Gasteiger partial charge in [-0.25, -0.2) is 4.39 Å². The van der Waals surface area contributed by atoms with Crippen molar-refractivity contribution in [3.63, 3.8) is 0 Å². The van der Waals surface area contributed by atoms with E-state index in [4.69, 9.17) is 5.73 Å². The molecule has 1 aromatic rings. The predicted octanol–water partition coefficient (Wildman–Crippen LogP) is 3.79. The van der Waals surface area contributed by atoms with Crippen molar-refractivity contribution >= 4 is 0 Å². The third kappa shape index (κ3) is 2.61. The van der Waals surface area contributed by atoms with Crippen molar-refractivity contribution in [3.05, 3.63) is 35.1 Å². The monoisotopic (exact) mass is 278 g/mol. The molecular weight excluding hydrogens is 251 g/mol. The highest BCUT2D eigenvalue weighted by Crippen LogP contribution is 2.38. The molecule has 112 valence electrons. The van der Waals surface area contributed by atoms with Gasteiger partial charge in [0, 0.05) is 11.6 Å². The molecule has 1 unspecified atom stereocenters. The molecule has 2 nitrogen and oxygen atoms in total. The van der Waals surface area contributed by atoms with Crippen LogP contribution in [0.2, 0.25) is 0 Å². The Bertz CT molecular complexity index is 448. The molecule has 1 aliphatic heterocycles. The van der Waals surface area contributed by atoms with Gasteiger partial charge < -0.3 is 5.73 Å². The van der Waals surface area contributed by atoms with Crippen LogP contribution in [0.15, 0.2) is 18.2 Å². The average Bonchev–Trinajstić information content (AvgIpc) is 2.98. The number of benzene rings is 1. The lowest BCUT2D eigenvalue weighted by atomic mass is 9.79. The summed E-state index contributed by atoms with van der Waals surface area (Å²) in [6.07, 6.45) is 4.58. The van der Waals surface area contributed by atoms with Crippen molar-refractivity contribution in [2.24, 2.45) is 5.73 Å². The lowest BCUT2D eigenvalue weighted by molar-refractivity contribution is 0.0766. The van der Waals surface area contributed by atoms with Gasteiger partial charge in [0.1, 0.15) is 5.82 Å². The first kappa shape index (κ1) is 15.5. The molecule has 0 aromatic heterocycles. The van der Waals surface area contributed by atoms with Crippen molar-refractivity contribution in [2.75, 3.05) is 13.1 Å². The van der Waals surface area contributed by atoms with Gasteiger partial charge in [-0.15, -0.1) is 0 Å². The molecule has 0 spiro atoms. The van der Waals surface area contributed by atoms with Crippen molar-refractivity contribution in [1.29, 1.82) is 0 Å². The van der Waals surface area contributed by atoms with Crippen LogP contribution >= 0.6 is 0 Å². The zero-order chi connectivity index (χ0) is 14.8. The molecule has 1 heterocycles. The van der Waals surface area contributed by atoms with Gasteiger partial charge in [-0.3, -0.25) is 4.90 Å². The molecule has 2 rings (SSSR count). The minimum Gasteiger partial charge on any atom is -0.322 e. The van der Waals surface area contributed by atoms with Crippen LogP contribution in [0.3, 0.4) is 0 Å².